The number of amides is 1. The maximum atomic E-state index is 12.6. The molecule has 1 N–H and O–H groups in total. The van der Waals surface area contributed by atoms with Gasteiger partial charge < -0.3 is 10.2 Å². The zero-order valence-electron chi connectivity index (χ0n) is 14.7. The number of carbonyl (C=O) groups is 1. The van der Waals surface area contributed by atoms with Crippen molar-refractivity contribution in [2.24, 2.45) is 5.92 Å². The van der Waals surface area contributed by atoms with Crippen molar-refractivity contribution in [1.82, 2.24) is 15.3 Å². The van der Waals surface area contributed by atoms with E-state index in [4.69, 9.17) is 0 Å². The van der Waals surface area contributed by atoms with Crippen LogP contribution in [0.3, 0.4) is 0 Å². The number of aromatic nitrogens is 2. The van der Waals surface area contributed by atoms with Crippen molar-refractivity contribution in [3.63, 3.8) is 0 Å². The first-order chi connectivity index (χ1) is 12.2. The van der Waals surface area contributed by atoms with Crippen LogP contribution in [0.4, 0.5) is 5.95 Å². The molecule has 1 aromatic carbocycles. The monoisotopic (exact) mass is 356 g/mol. The quantitative estimate of drug-likeness (QED) is 0.833. The zero-order chi connectivity index (χ0) is 17.6. The molecule has 0 spiro atoms. The Hall–Kier alpha value is -2.08. The van der Waals surface area contributed by atoms with Gasteiger partial charge in [-0.25, -0.2) is 9.97 Å². The Bertz CT molecular complexity index is 684. The molecule has 1 amide bonds. The molecule has 1 unspecified atom stereocenters. The molecular weight excluding hydrogens is 332 g/mol. The summed E-state index contributed by atoms with van der Waals surface area (Å²) in [5.41, 5.74) is 1.14. The van der Waals surface area contributed by atoms with Crippen molar-refractivity contribution >= 4 is 23.6 Å². The Balaban J connectivity index is 1.52. The molecule has 1 aliphatic rings. The van der Waals surface area contributed by atoms with Gasteiger partial charge in [0.25, 0.3) is 0 Å². The number of thioether (sulfide) groups is 1. The van der Waals surface area contributed by atoms with Gasteiger partial charge in [-0.15, -0.1) is 11.8 Å². The summed E-state index contributed by atoms with van der Waals surface area (Å²) in [7, 11) is 0. The predicted molar refractivity (Wildman–Crippen MR) is 102 cm³/mol. The van der Waals surface area contributed by atoms with Crippen LogP contribution in [0.25, 0.3) is 0 Å². The van der Waals surface area contributed by atoms with Gasteiger partial charge in [0.2, 0.25) is 11.9 Å². The zero-order valence-corrected chi connectivity index (χ0v) is 15.5. The SMILES string of the molecule is CSc1ccc(C(C)NC(=O)C2CCN(c3ncccn3)CC2)cc1. The van der Waals surface area contributed by atoms with Crippen LogP contribution in [0.2, 0.25) is 0 Å². The van der Waals surface area contributed by atoms with E-state index in [1.165, 1.54) is 4.90 Å². The van der Waals surface area contributed by atoms with E-state index in [1.54, 1.807) is 24.2 Å². The largest absolute Gasteiger partial charge is 0.349 e. The molecule has 5 nitrogen and oxygen atoms in total. The normalized spacial score (nSPS) is 16.5. The molecule has 0 bridgehead atoms. The minimum atomic E-state index is 0.0268. The highest BCUT2D eigenvalue weighted by Crippen LogP contribution is 2.23. The van der Waals surface area contributed by atoms with Crippen LogP contribution < -0.4 is 10.2 Å². The molecule has 0 radical (unpaired) electrons. The summed E-state index contributed by atoms with van der Waals surface area (Å²) in [6.07, 6.45) is 7.24. The molecule has 1 atom stereocenters. The Kier molecular flexibility index (Phi) is 5.91. The number of nitrogens with one attached hydrogen (secondary N) is 1. The van der Waals surface area contributed by atoms with Gasteiger partial charge in [-0.1, -0.05) is 12.1 Å². The third-order valence-electron chi connectivity index (χ3n) is 4.68. The summed E-state index contributed by atoms with van der Waals surface area (Å²) in [5, 5.41) is 3.16. The third-order valence-corrected chi connectivity index (χ3v) is 5.42. The lowest BCUT2D eigenvalue weighted by Crippen LogP contribution is -2.41. The second kappa shape index (κ2) is 8.34. The fourth-order valence-electron chi connectivity index (χ4n) is 3.10. The first-order valence-corrected chi connectivity index (χ1v) is 9.86. The fraction of sp³-hybridized carbons (Fsp3) is 0.421. The first kappa shape index (κ1) is 17.7. The highest BCUT2D eigenvalue weighted by atomic mass is 32.2. The van der Waals surface area contributed by atoms with Crippen molar-refractivity contribution in [2.45, 2.75) is 30.7 Å². The number of nitrogens with zero attached hydrogens (tertiary/aromatic N) is 3. The molecule has 1 fully saturated rings. The number of piperidine rings is 1. The second-order valence-electron chi connectivity index (χ2n) is 6.31. The summed E-state index contributed by atoms with van der Waals surface area (Å²) in [5.74, 6) is 0.964. The maximum Gasteiger partial charge on any atom is 0.225 e. The van der Waals surface area contributed by atoms with Crippen LogP contribution >= 0.6 is 11.8 Å². The molecule has 132 valence electrons. The summed E-state index contributed by atoms with van der Waals surface area (Å²) in [6.45, 7) is 3.68. The molecule has 1 saturated heterocycles. The molecule has 2 aromatic rings. The predicted octanol–water partition coefficient (Wildman–Crippen LogP) is 3.29. The van der Waals surface area contributed by atoms with Crippen molar-refractivity contribution in [2.75, 3.05) is 24.2 Å². The number of anilines is 1. The van der Waals surface area contributed by atoms with Gasteiger partial charge in [0.1, 0.15) is 0 Å². The van der Waals surface area contributed by atoms with Crippen molar-refractivity contribution < 1.29 is 4.79 Å². The van der Waals surface area contributed by atoms with Crippen LogP contribution in [0, 0.1) is 5.92 Å². The molecule has 25 heavy (non-hydrogen) atoms. The number of rotatable bonds is 5. The lowest BCUT2D eigenvalue weighted by molar-refractivity contribution is -0.126. The first-order valence-electron chi connectivity index (χ1n) is 8.63. The summed E-state index contributed by atoms with van der Waals surface area (Å²) in [6, 6.07) is 10.2. The molecule has 0 saturated carbocycles. The van der Waals surface area contributed by atoms with E-state index in [-0.39, 0.29) is 17.9 Å². The Morgan fingerprint density at radius 3 is 2.44 bits per heavy atom. The highest BCUT2D eigenvalue weighted by molar-refractivity contribution is 7.98. The van der Waals surface area contributed by atoms with Crippen LogP contribution in [0.1, 0.15) is 31.4 Å². The second-order valence-corrected chi connectivity index (χ2v) is 7.19. The van der Waals surface area contributed by atoms with E-state index in [0.29, 0.717) is 0 Å². The van der Waals surface area contributed by atoms with Gasteiger partial charge in [0, 0.05) is 36.3 Å². The van der Waals surface area contributed by atoms with Gasteiger partial charge >= 0.3 is 0 Å². The lowest BCUT2D eigenvalue weighted by Gasteiger charge is -2.31. The average Bonchev–Trinajstić information content (AvgIpc) is 2.68. The van der Waals surface area contributed by atoms with E-state index in [0.717, 1.165) is 37.4 Å². The molecule has 0 aliphatic carbocycles. The van der Waals surface area contributed by atoms with Gasteiger partial charge in [-0.2, -0.15) is 0 Å². The smallest absolute Gasteiger partial charge is 0.225 e. The molecule has 1 aromatic heterocycles. The van der Waals surface area contributed by atoms with Crippen LogP contribution in [-0.4, -0.2) is 35.2 Å². The average molecular weight is 356 g/mol. The lowest BCUT2D eigenvalue weighted by atomic mass is 9.95. The van der Waals surface area contributed by atoms with Gasteiger partial charge in [-0.3, -0.25) is 4.79 Å². The van der Waals surface area contributed by atoms with E-state index in [9.17, 15) is 4.79 Å². The van der Waals surface area contributed by atoms with Crippen LogP contribution in [-0.2, 0) is 4.79 Å². The van der Waals surface area contributed by atoms with Crippen LogP contribution in [0.5, 0.6) is 0 Å². The fourth-order valence-corrected chi connectivity index (χ4v) is 3.51. The highest BCUT2D eigenvalue weighted by Gasteiger charge is 2.26. The van der Waals surface area contributed by atoms with Crippen LogP contribution in [0.15, 0.2) is 47.6 Å². The molecule has 1 aliphatic heterocycles. The molecular formula is C19H24N4OS. The van der Waals surface area contributed by atoms with Gasteiger partial charge in [0.15, 0.2) is 0 Å². The van der Waals surface area contributed by atoms with E-state index in [2.05, 4.69) is 50.7 Å². The number of hydrogen-bond acceptors (Lipinski definition) is 5. The maximum absolute atomic E-state index is 12.6. The summed E-state index contributed by atoms with van der Waals surface area (Å²) in [4.78, 5) is 24.5. The van der Waals surface area contributed by atoms with Crippen molar-refractivity contribution in [3.8, 4) is 0 Å². The minimum absolute atomic E-state index is 0.0268. The molecule has 2 heterocycles. The van der Waals surface area contributed by atoms with E-state index < -0.39 is 0 Å². The minimum Gasteiger partial charge on any atom is -0.349 e. The Morgan fingerprint density at radius 1 is 1.20 bits per heavy atom. The Morgan fingerprint density at radius 2 is 1.84 bits per heavy atom. The van der Waals surface area contributed by atoms with Crippen molar-refractivity contribution in [3.05, 3.63) is 48.3 Å². The van der Waals surface area contributed by atoms with Crippen molar-refractivity contribution in [1.29, 1.82) is 0 Å². The third kappa shape index (κ3) is 4.51. The molecule has 3 rings (SSSR count). The standard InChI is InChI=1S/C19H24N4OS/c1-14(15-4-6-17(25-2)7-5-15)22-18(24)16-8-12-23(13-9-16)19-20-10-3-11-21-19/h3-7,10-11,14,16H,8-9,12-13H2,1-2H3,(H,22,24). The summed E-state index contributed by atoms with van der Waals surface area (Å²) >= 11 is 1.72. The number of carbonyl (C=O) groups excluding carboxylic acids is 1. The van der Waals surface area contributed by atoms with E-state index >= 15 is 0 Å². The summed E-state index contributed by atoms with van der Waals surface area (Å²) < 4.78 is 0. The van der Waals surface area contributed by atoms with E-state index in [1.807, 2.05) is 13.0 Å². The number of hydrogen-bond donors (Lipinski definition) is 1. The molecule has 6 heteroatoms. The number of benzene rings is 1. The van der Waals surface area contributed by atoms with Gasteiger partial charge in [-0.05, 0) is 49.8 Å². The van der Waals surface area contributed by atoms with Gasteiger partial charge in [0.05, 0.1) is 6.04 Å². The Labute approximate surface area is 153 Å². The topological polar surface area (TPSA) is 58.1 Å².